The number of furan rings is 1. The molecule has 2 aliphatic rings. The van der Waals surface area contributed by atoms with E-state index >= 15 is 0 Å². The van der Waals surface area contributed by atoms with Crippen LogP contribution in [0, 0.1) is 0 Å². The summed E-state index contributed by atoms with van der Waals surface area (Å²) in [5.41, 5.74) is 2.74. The van der Waals surface area contributed by atoms with Gasteiger partial charge in [0.15, 0.2) is 11.5 Å². The summed E-state index contributed by atoms with van der Waals surface area (Å²) in [5, 5.41) is 6.89. The fourth-order valence-electron chi connectivity index (χ4n) is 4.18. The summed E-state index contributed by atoms with van der Waals surface area (Å²) in [6.07, 6.45) is 1.84. The van der Waals surface area contributed by atoms with Gasteiger partial charge in [-0.05, 0) is 43.3 Å². The minimum Gasteiger partial charge on any atom is -0.497 e. The van der Waals surface area contributed by atoms with Crippen molar-refractivity contribution in [1.82, 2.24) is 5.01 Å². The summed E-state index contributed by atoms with van der Waals surface area (Å²) >= 11 is 0. The van der Waals surface area contributed by atoms with Crippen molar-refractivity contribution in [2.45, 2.75) is 25.6 Å². The van der Waals surface area contributed by atoms with Crippen LogP contribution in [0.3, 0.4) is 0 Å². The Kier molecular flexibility index (Phi) is 4.94. The number of ether oxygens (including phenoxy) is 4. The zero-order valence-corrected chi connectivity index (χ0v) is 17.7. The summed E-state index contributed by atoms with van der Waals surface area (Å²) in [7, 11) is 3.29. The standard InChI is InChI=1S/C24H24N2O5/c1-4-29-22-8-5-7-16-19-14-18(21-9-6-12-30-21)25-26(19)24(31-23(16)22)17-13-15(27-2)10-11-20(17)28-3/h5-13,19,24H,4,14H2,1-3H3/t19-,24-/m0/s1. The Morgan fingerprint density at radius 2 is 1.94 bits per heavy atom. The molecule has 0 unspecified atom stereocenters. The van der Waals surface area contributed by atoms with Gasteiger partial charge in [0.25, 0.3) is 0 Å². The number of methoxy groups -OCH3 is 2. The molecule has 7 heteroatoms. The third-order valence-electron chi connectivity index (χ3n) is 5.59. The van der Waals surface area contributed by atoms with Crippen LogP contribution < -0.4 is 18.9 Å². The van der Waals surface area contributed by atoms with Gasteiger partial charge < -0.3 is 23.4 Å². The average molecular weight is 420 g/mol. The molecule has 3 aromatic rings. The highest BCUT2D eigenvalue weighted by Crippen LogP contribution is 2.52. The molecule has 5 rings (SSSR count). The van der Waals surface area contributed by atoms with Gasteiger partial charge in [-0.3, -0.25) is 0 Å². The van der Waals surface area contributed by atoms with Crippen LogP contribution in [0.4, 0.5) is 0 Å². The summed E-state index contributed by atoms with van der Waals surface area (Å²) in [5.74, 6) is 3.63. The molecule has 1 aromatic heterocycles. The molecular weight excluding hydrogens is 396 g/mol. The molecule has 2 aromatic carbocycles. The zero-order chi connectivity index (χ0) is 21.4. The molecule has 2 atom stereocenters. The van der Waals surface area contributed by atoms with Gasteiger partial charge in [-0.15, -0.1) is 0 Å². The maximum atomic E-state index is 6.55. The van der Waals surface area contributed by atoms with Crippen molar-refractivity contribution in [3.8, 4) is 23.0 Å². The molecule has 0 saturated heterocycles. The lowest BCUT2D eigenvalue weighted by Crippen LogP contribution is -2.34. The second-order valence-corrected chi connectivity index (χ2v) is 7.31. The van der Waals surface area contributed by atoms with E-state index in [2.05, 4.69) is 6.07 Å². The molecule has 3 heterocycles. The van der Waals surface area contributed by atoms with Crippen LogP contribution in [0.5, 0.6) is 23.0 Å². The number of rotatable bonds is 6. The second kappa shape index (κ2) is 7.91. The normalized spacial score (nSPS) is 19.2. The minimum absolute atomic E-state index is 0.0230. The number of nitrogens with zero attached hydrogens (tertiary/aromatic N) is 2. The Hall–Kier alpha value is -3.61. The third-order valence-corrected chi connectivity index (χ3v) is 5.59. The van der Waals surface area contributed by atoms with E-state index in [0.717, 1.165) is 34.1 Å². The van der Waals surface area contributed by atoms with Crippen molar-refractivity contribution < 1.29 is 23.4 Å². The topological polar surface area (TPSA) is 65.7 Å². The molecule has 0 saturated carbocycles. The van der Waals surface area contributed by atoms with Crippen LogP contribution in [-0.4, -0.2) is 31.5 Å². The van der Waals surface area contributed by atoms with Gasteiger partial charge in [-0.1, -0.05) is 12.1 Å². The van der Waals surface area contributed by atoms with E-state index < -0.39 is 6.23 Å². The molecule has 0 spiro atoms. The lowest BCUT2D eigenvalue weighted by molar-refractivity contribution is -0.0226. The van der Waals surface area contributed by atoms with Crippen LogP contribution in [0.15, 0.2) is 64.3 Å². The van der Waals surface area contributed by atoms with E-state index in [9.17, 15) is 0 Å². The van der Waals surface area contributed by atoms with Gasteiger partial charge in [0.05, 0.1) is 38.7 Å². The first-order valence-corrected chi connectivity index (χ1v) is 10.3. The molecule has 0 bridgehead atoms. The summed E-state index contributed by atoms with van der Waals surface area (Å²) < 4.78 is 29.2. The van der Waals surface area contributed by atoms with Gasteiger partial charge in [0, 0.05) is 12.0 Å². The van der Waals surface area contributed by atoms with Crippen molar-refractivity contribution in [3.63, 3.8) is 0 Å². The van der Waals surface area contributed by atoms with Gasteiger partial charge in [-0.25, -0.2) is 5.01 Å². The maximum absolute atomic E-state index is 6.55. The molecule has 0 N–H and O–H groups in total. The fraction of sp³-hybridized carbons (Fsp3) is 0.292. The molecule has 0 amide bonds. The Morgan fingerprint density at radius 1 is 1.03 bits per heavy atom. The van der Waals surface area contributed by atoms with Crippen molar-refractivity contribution in [1.29, 1.82) is 0 Å². The Morgan fingerprint density at radius 3 is 2.68 bits per heavy atom. The van der Waals surface area contributed by atoms with Gasteiger partial charge >= 0.3 is 0 Å². The molecule has 160 valence electrons. The van der Waals surface area contributed by atoms with Crippen molar-refractivity contribution >= 4 is 5.71 Å². The molecule has 0 aliphatic carbocycles. The smallest absolute Gasteiger partial charge is 0.217 e. The van der Waals surface area contributed by atoms with Crippen LogP contribution in [-0.2, 0) is 0 Å². The maximum Gasteiger partial charge on any atom is 0.217 e. The van der Waals surface area contributed by atoms with Gasteiger partial charge in [0.1, 0.15) is 23.0 Å². The molecule has 0 fully saturated rings. The Labute approximate surface area is 180 Å². The molecule has 31 heavy (non-hydrogen) atoms. The first-order chi connectivity index (χ1) is 15.2. The van der Waals surface area contributed by atoms with Crippen LogP contribution in [0.1, 0.15) is 42.5 Å². The fourth-order valence-corrected chi connectivity index (χ4v) is 4.18. The largest absolute Gasteiger partial charge is 0.497 e. The SMILES string of the molecule is CCOc1cccc2c1O[C@@H](c1cc(OC)ccc1OC)N1N=C(c3ccco3)C[C@@H]21. The number of para-hydroxylation sites is 1. The predicted octanol–water partition coefficient (Wildman–Crippen LogP) is 4.94. The van der Waals surface area contributed by atoms with E-state index in [1.54, 1.807) is 20.5 Å². The average Bonchev–Trinajstić information content (AvgIpc) is 3.49. The van der Waals surface area contributed by atoms with E-state index in [1.807, 2.05) is 54.4 Å². The lowest BCUT2D eigenvalue weighted by Gasteiger charge is -2.39. The van der Waals surface area contributed by atoms with E-state index in [4.69, 9.17) is 28.5 Å². The van der Waals surface area contributed by atoms with Crippen molar-refractivity contribution in [2.75, 3.05) is 20.8 Å². The quantitative estimate of drug-likeness (QED) is 0.563. The minimum atomic E-state index is -0.517. The monoisotopic (exact) mass is 420 g/mol. The summed E-state index contributed by atoms with van der Waals surface area (Å²) in [4.78, 5) is 0. The van der Waals surface area contributed by atoms with Crippen LogP contribution in [0.2, 0.25) is 0 Å². The predicted molar refractivity (Wildman–Crippen MR) is 115 cm³/mol. The first-order valence-electron chi connectivity index (χ1n) is 10.3. The van der Waals surface area contributed by atoms with Crippen LogP contribution in [0.25, 0.3) is 0 Å². The van der Waals surface area contributed by atoms with E-state index in [0.29, 0.717) is 24.5 Å². The van der Waals surface area contributed by atoms with Crippen LogP contribution >= 0.6 is 0 Å². The highest BCUT2D eigenvalue weighted by Gasteiger charge is 2.43. The third kappa shape index (κ3) is 3.26. The molecule has 2 aliphatic heterocycles. The Bertz CT molecular complexity index is 1110. The number of hydrogen-bond donors (Lipinski definition) is 0. The zero-order valence-electron chi connectivity index (χ0n) is 17.7. The van der Waals surface area contributed by atoms with Crippen molar-refractivity contribution in [2.24, 2.45) is 5.10 Å². The molecule has 0 radical (unpaired) electrons. The number of hydrazone groups is 1. The number of fused-ring (bicyclic) bond motifs is 3. The molecular formula is C24H24N2O5. The summed E-state index contributed by atoms with van der Waals surface area (Å²) in [6.45, 7) is 2.51. The Balaban J connectivity index is 1.66. The van der Waals surface area contributed by atoms with Gasteiger partial charge in [-0.2, -0.15) is 5.10 Å². The second-order valence-electron chi connectivity index (χ2n) is 7.31. The highest BCUT2D eigenvalue weighted by atomic mass is 16.5. The summed E-state index contributed by atoms with van der Waals surface area (Å²) in [6, 6.07) is 15.4. The number of hydrogen-bond acceptors (Lipinski definition) is 7. The highest BCUT2D eigenvalue weighted by molar-refractivity contribution is 5.99. The van der Waals surface area contributed by atoms with Crippen molar-refractivity contribution in [3.05, 3.63) is 71.7 Å². The first kappa shape index (κ1) is 19.4. The molecule has 7 nitrogen and oxygen atoms in total. The van der Waals surface area contributed by atoms with E-state index in [1.165, 1.54) is 0 Å². The van der Waals surface area contributed by atoms with E-state index in [-0.39, 0.29) is 6.04 Å². The van der Waals surface area contributed by atoms with Gasteiger partial charge in [0.2, 0.25) is 6.23 Å². The number of benzene rings is 2. The lowest BCUT2D eigenvalue weighted by atomic mass is 9.97.